The fourth-order valence-corrected chi connectivity index (χ4v) is 5.93. The summed E-state index contributed by atoms with van der Waals surface area (Å²) in [5.74, 6) is 1.51. The molecule has 5 nitrogen and oxygen atoms in total. The molecule has 0 spiro atoms. The van der Waals surface area contributed by atoms with Gasteiger partial charge in [-0.25, -0.2) is 0 Å². The van der Waals surface area contributed by atoms with E-state index in [0.717, 1.165) is 87.2 Å². The average molecular weight is 533 g/mol. The Morgan fingerprint density at radius 3 is 2.49 bits per heavy atom. The summed E-state index contributed by atoms with van der Waals surface area (Å²) < 4.78 is 44.7. The van der Waals surface area contributed by atoms with Gasteiger partial charge in [0.15, 0.2) is 5.82 Å². The van der Waals surface area contributed by atoms with E-state index in [9.17, 15) is 13.2 Å². The van der Waals surface area contributed by atoms with Gasteiger partial charge in [-0.15, -0.1) is 0 Å². The first-order valence-corrected chi connectivity index (χ1v) is 13.4. The molecule has 2 aliphatic rings. The molecule has 1 saturated heterocycles. The van der Waals surface area contributed by atoms with Crippen LogP contribution < -0.4 is 5.32 Å². The number of aromatic nitrogens is 2. The van der Waals surface area contributed by atoms with Crippen molar-refractivity contribution in [3.8, 4) is 0 Å². The lowest BCUT2D eigenvalue weighted by Gasteiger charge is -2.32. The SMILES string of the molecule is FC(F)(F)c1cccc(C2CCN(CCNCc3nc(C4(c5ccc(Cl)cc5)CCCC4)no3)CC2)c1. The van der Waals surface area contributed by atoms with Gasteiger partial charge in [-0.1, -0.05) is 59.9 Å². The minimum absolute atomic E-state index is 0.173. The van der Waals surface area contributed by atoms with E-state index in [1.165, 1.54) is 17.7 Å². The predicted octanol–water partition coefficient (Wildman–Crippen LogP) is 6.57. The molecule has 0 bridgehead atoms. The highest BCUT2D eigenvalue weighted by Gasteiger charge is 2.41. The summed E-state index contributed by atoms with van der Waals surface area (Å²) in [6, 6.07) is 13.8. The molecular formula is C28H32ClF3N4O. The highest BCUT2D eigenvalue weighted by atomic mass is 35.5. The summed E-state index contributed by atoms with van der Waals surface area (Å²) in [6.07, 6.45) is 1.69. The highest BCUT2D eigenvalue weighted by Crippen LogP contribution is 2.45. The third-order valence-electron chi connectivity index (χ3n) is 7.90. The Bertz CT molecular complexity index is 1170. The van der Waals surface area contributed by atoms with Gasteiger partial charge in [-0.05, 0) is 74.0 Å². The monoisotopic (exact) mass is 532 g/mol. The number of hydrogen-bond donors (Lipinski definition) is 1. The number of nitrogens with zero attached hydrogens (tertiary/aromatic N) is 3. The first-order valence-electron chi connectivity index (χ1n) is 13.0. The standard InChI is InChI=1S/C28H32ClF3N4O/c29-24-8-6-22(7-9-24)27(12-1-2-13-27)26-34-25(37-35-26)19-33-14-17-36-15-10-20(11-16-36)21-4-3-5-23(18-21)28(30,31)32/h3-9,18,20,33H,1-2,10-17,19H2. The van der Waals surface area contributed by atoms with Crippen molar-refractivity contribution >= 4 is 11.6 Å². The third-order valence-corrected chi connectivity index (χ3v) is 8.16. The molecular weight excluding hydrogens is 501 g/mol. The van der Waals surface area contributed by atoms with Crippen molar-refractivity contribution in [3.63, 3.8) is 0 Å². The van der Waals surface area contributed by atoms with Crippen LogP contribution in [-0.4, -0.2) is 41.2 Å². The lowest BCUT2D eigenvalue weighted by atomic mass is 9.78. The van der Waals surface area contributed by atoms with Gasteiger partial charge in [0.1, 0.15) is 0 Å². The minimum Gasteiger partial charge on any atom is -0.338 e. The summed E-state index contributed by atoms with van der Waals surface area (Å²) in [5, 5.41) is 8.47. The van der Waals surface area contributed by atoms with Crippen molar-refractivity contribution < 1.29 is 17.7 Å². The average Bonchev–Trinajstić information content (AvgIpc) is 3.58. The van der Waals surface area contributed by atoms with Crippen LogP contribution in [0, 0.1) is 0 Å². The molecule has 1 aromatic heterocycles. The van der Waals surface area contributed by atoms with Crippen molar-refractivity contribution in [2.24, 2.45) is 0 Å². The lowest BCUT2D eigenvalue weighted by Crippen LogP contribution is -2.37. The van der Waals surface area contributed by atoms with E-state index in [4.69, 9.17) is 21.1 Å². The van der Waals surface area contributed by atoms with Crippen molar-refractivity contribution in [1.29, 1.82) is 0 Å². The van der Waals surface area contributed by atoms with Crippen LogP contribution in [0.1, 0.15) is 72.8 Å². The summed E-state index contributed by atoms with van der Waals surface area (Å²) in [5.41, 5.74) is 1.20. The second kappa shape index (κ2) is 11.1. The molecule has 1 N–H and O–H groups in total. The van der Waals surface area contributed by atoms with Crippen LogP contribution in [-0.2, 0) is 18.1 Å². The normalized spacial score (nSPS) is 18.9. The predicted molar refractivity (Wildman–Crippen MR) is 137 cm³/mol. The van der Waals surface area contributed by atoms with E-state index in [0.29, 0.717) is 12.4 Å². The smallest absolute Gasteiger partial charge is 0.338 e. The molecule has 2 aromatic carbocycles. The summed E-state index contributed by atoms with van der Waals surface area (Å²) in [4.78, 5) is 7.10. The van der Waals surface area contributed by atoms with E-state index in [1.807, 2.05) is 18.2 Å². The number of likely N-dealkylation sites (tertiary alicyclic amines) is 1. The van der Waals surface area contributed by atoms with E-state index < -0.39 is 11.7 Å². The topological polar surface area (TPSA) is 54.2 Å². The molecule has 5 rings (SSSR count). The molecule has 0 amide bonds. The molecule has 0 unspecified atom stereocenters. The maximum atomic E-state index is 13.0. The van der Waals surface area contributed by atoms with Crippen LogP contribution in [0.15, 0.2) is 53.1 Å². The van der Waals surface area contributed by atoms with Gasteiger partial charge in [0.25, 0.3) is 0 Å². The molecule has 2 heterocycles. The Morgan fingerprint density at radius 1 is 1.05 bits per heavy atom. The molecule has 37 heavy (non-hydrogen) atoms. The maximum Gasteiger partial charge on any atom is 0.416 e. The maximum absolute atomic E-state index is 13.0. The fourth-order valence-electron chi connectivity index (χ4n) is 5.80. The third kappa shape index (κ3) is 6.02. The molecule has 0 atom stereocenters. The summed E-state index contributed by atoms with van der Waals surface area (Å²) >= 11 is 6.10. The molecule has 3 aromatic rings. The minimum atomic E-state index is -4.30. The van der Waals surface area contributed by atoms with E-state index >= 15 is 0 Å². The molecule has 9 heteroatoms. The Balaban J connectivity index is 1.09. The Labute approximate surface area is 220 Å². The van der Waals surface area contributed by atoms with Crippen LogP contribution in [0.4, 0.5) is 13.2 Å². The van der Waals surface area contributed by atoms with Crippen LogP contribution in [0.3, 0.4) is 0 Å². The summed E-state index contributed by atoms with van der Waals surface area (Å²) in [6.45, 7) is 3.89. The zero-order chi connectivity index (χ0) is 25.9. The largest absolute Gasteiger partial charge is 0.416 e. The summed E-state index contributed by atoms with van der Waals surface area (Å²) in [7, 11) is 0. The van der Waals surface area contributed by atoms with Crippen LogP contribution in [0.5, 0.6) is 0 Å². The Morgan fingerprint density at radius 2 is 1.78 bits per heavy atom. The molecule has 198 valence electrons. The molecule has 2 fully saturated rings. The lowest BCUT2D eigenvalue weighted by molar-refractivity contribution is -0.137. The number of halogens is 4. The molecule has 1 saturated carbocycles. The first-order chi connectivity index (χ1) is 17.8. The number of nitrogens with one attached hydrogen (secondary N) is 1. The van der Waals surface area contributed by atoms with Crippen molar-refractivity contribution in [2.45, 2.75) is 62.6 Å². The van der Waals surface area contributed by atoms with Crippen molar-refractivity contribution in [1.82, 2.24) is 20.4 Å². The van der Waals surface area contributed by atoms with Crippen LogP contribution in [0.25, 0.3) is 0 Å². The number of hydrogen-bond acceptors (Lipinski definition) is 5. The van der Waals surface area contributed by atoms with E-state index in [2.05, 4.69) is 27.5 Å². The molecule has 1 aliphatic heterocycles. The second-order valence-electron chi connectivity index (χ2n) is 10.2. The number of alkyl halides is 3. The Kier molecular flexibility index (Phi) is 7.88. The van der Waals surface area contributed by atoms with Gasteiger partial charge in [-0.3, -0.25) is 0 Å². The Hall–Kier alpha value is -2.42. The van der Waals surface area contributed by atoms with Gasteiger partial charge in [0.05, 0.1) is 17.5 Å². The van der Waals surface area contributed by atoms with Gasteiger partial charge in [0.2, 0.25) is 5.89 Å². The van der Waals surface area contributed by atoms with Crippen molar-refractivity contribution in [2.75, 3.05) is 26.2 Å². The number of piperidine rings is 1. The quantitative estimate of drug-likeness (QED) is 0.332. The second-order valence-corrected chi connectivity index (χ2v) is 10.7. The highest BCUT2D eigenvalue weighted by molar-refractivity contribution is 6.30. The first kappa shape index (κ1) is 26.2. The van der Waals surface area contributed by atoms with Gasteiger partial charge in [0, 0.05) is 18.1 Å². The number of rotatable bonds is 8. The number of benzene rings is 2. The van der Waals surface area contributed by atoms with Crippen molar-refractivity contribution in [3.05, 3.63) is 82.0 Å². The van der Waals surface area contributed by atoms with Gasteiger partial charge >= 0.3 is 6.18 Å². The van der Waals surface area contributed by atoms with Crippen LogP contribution >= 0.6 is 11.6 Å². The van der Waals surface area contributed by atoms with Crippen LogP contribution in [0.2, 0.25) is 5.02 Å². The van der Waals surface area contributed by atoms with Gasteiger partial charge < -0.3 is 14.7 Å². The van der Waals surface area contributed by atoms with E-state index in [-0.39, 0.29) is 11.3 Å². The van der Waals surface area contributed by atoms with Gasteiger partial charge in [-0.2, -0.15) is 18.2 Å². The molecule has 1 aliphatic carbocycles. The zero-order valence-electron chi connectivity index (χ0n) is 20.7. The molecule has 0 radical (unpaired) electrons. The fraction of sp³-hybridized carbons (Fsp3) is 0.500. The zero-order valence-corrected chi connectivity index (χ0v) is 21.5. The van der Waals surface area contributed by atoms with E-state index in [1.54, 1.807) is 0 Å².